The van der Waals surface area contributed by atoms with E-state index < -0.39 is 6.09 Å². The second-order valence-corrected chi connectivity index (χ2v) is 3.84. The normalized spacial score (nSPS) is 9.95. The number of hydrogen-bond acceptors (Lipinski definition) is 3. The highest BCUT2D eigenvalue weighted by molar-refractivity contribution is 5.84. The Kier molecular flexibility index (Phi) is 4.44. The predicted molar refractivity (Wildman–Crippen MR) is 69.3 cm³/mol. The van der Waals surface area contributed by atoms with E-state index in [-0.39, 0.29) is 12.4 Å². The number of pyridine rings is 1. The van der Waals surface area contributed by atoms with Crippen molar-refractivity contribution < 1.29 is 13.9 Å². The second-order valence-electron chi connectivity index (χ2n) is 3.84. The first-order chi connectivity index (χ1) is 9.24. The fraction of sp³-hybridized carbons (Fsp3) is 0.143. The van der Waals surface area contributed by atoms with E-state index in [9.17, 15) is 9.18 Å². The van der Waals surface area contributed by atoms with Gasteiger partial charge in [0.25, 0.3) is 0 Å². The van der Waals surface area contributed by atoms with Gasteiger partial charge < -0.3 is 4.74 Å². The van der Waals surface area contributed by atoms with Crippen molar-refractivity contribution in [2.24, 2.45) is 0 Å². The van der Waals surface area contributed by atoms with E-state index in [0.29, 0.717) is 12.1 Å². The van der Waals surface area contributed by atoms with Gasteiger partial charge in [-0.15, -0.1) is 0 Å². The van der Waals surface area contributed by atoms with Crippen LogP contribution in [0.2, 0.25) is 0 Å². The number of carbonyl (C=O) groups excluding carboxylic acids is 1. The van der Waals surface area contributed by atoms with Gasteiger partial charge >= 0.3 is 6.09 Å². The minimum absolute atomic E-state index is 0.240. The number of nitrogens with zero attached hydrogens (tertiary/aromatic N) is 1. The van der Waals surface area contributed by atoms with E-state index in [1.54, 1.807) is 6.20 Å². The molecular formula is C14H13FN2O2. The van der Waals surface area contributed by atoms with Crippen molar-refractivity contribution in [1.82, 2.24) is 4.98 Å². The molecule has 0 aliphatic carbocycles. The summed E-state index contributed by atoms with van der Waals surface area (Å²) in [4.78, 5) is 15.6. The molecule has 0 aliphatic heterocycles. The van der Waals surface area contributed by atoms with E-state index in [4.69, 9.17) is 4.74 Å². The first-order valence-corrected chi connectivity index (χ1v) is 5.83. The van der Waals surface area contributed by atoms with Gasteiger partial charge in [0.2, 0.25) is 0 Å². The number of benzene rings is 1. The lowest BCUT2D eigenvalue weighted by Crippen LogP contribution is -2.15. The third-order valence-corrected chi connectivity index (χ3v) is 2.41. The molecule has 0 atom stereocenters. The molecule has 0 radical (unpaired) electrons. The van der Waals surface area contributed by atoms with Crippen molar-refractivity contribution in [2.75, 3.05) is 11.9 Å². The van der Waals surface area contributed by atoms with Gasteiger partial charge in [-0.05, 0) is 36.4 Å². The lowest BCUT2D eigenvalue weighted by Gasteiger charge is -2.06. The third-order valence-electron chi connectivity index (χ3n) is 2.41. The molecule has 2 rings (SSSR count). The summed E-state index contributed by atoms with van der Waals surface area (Å²) < 4.78 is 17.7. The molecule has 1 heterocycles. The molecule has 0 bridgehead atoms. The number of ether oxygens (including phenoxy) is 1. The Labute approximate surface area is 110 Å². The highest BCUT2D eigenvalue weighted by Gasteiger charge is 2.03. The highest BCUT2D eigenvalue weighted by atomic mass is 19.1. The van der Waals surface area contributed by atoms with Crippen LogP contribution in [0.25, 0.3) is 0 Å². The van der Waals surface area contributed by atoms with Crippen LogP contribution in [0.3, 0.4) is 0 Å². The molecule has 1 amide bonds. The number of nitrogens with one attached hydrogen (secondary N) is 1. The third kappa shape index (κ3) is 4.39. The van der Waals surface area contributed by atoms with Crippen molar-refractivity contribution in [1.29, 1.82) is 0 Å². The average molecular weight is 260 g/mol. The van der Waals surface area contributed by atoms with Crippen LogP contribution in [0, 0.1) is 5.82 Å². The van der Waals surface area contributed by atoms with Crippen molar-refractivity contribution >= 4 is 11.8 Å². The maximum atomic E-state index is 12.7. The molecule has 2 aromatic rings. The van der Waals surface area contributed by atoms with Gasteiger partial charge in [0, 0.05) is 24.0 Å². The molecule has 0 unspecified atom stereocenters. The minimum Gasteiger partial charge on any atom is -0.449 e. The quantitative estimate of drug-likeness (QED) is 0.919. The topological polar surface area (TPSA) is 51.2 Å². The van der Waals surface area contributed by atoms with Crippen molar-refractivity contribution in [2.45, 2.75) is 6.42 Å². The van der Waals surface area contributed by atoms with Crippen LogP contribution >= 0.6 is 0 Å². The zero-order valence-corrected chi connectivity index (χ0v) is 10.2. The maximum absolute atomic E-state index is 12.7. The second kappa shape index (κ2) is 6.49. The summed E-state index contributed by atoms with van der Waals surface area (Å²) in [6.45, 7) is 0.240. The molecule has 1 aromatic carbocycles. The molecule has 1 N–H and O–H groups in total. The Morgan fingerprint density at radius 2 is 2.00 bits per heavy atom. The SMILES string of the molecule is O=C(Nc1ccc(F)cc1)OCCc1ccccn1. The highest BCUT2D eigenvalue weighted by Crippen LogP contribution is 2.08. The number of halogens is 1. The smallest absolute Gasteiger partial charge is 0.411 e. The first kappa shape index (κ1) is 13.0. The Morgan fingerprint density at radius 1 is 1.21 bits per heavy atom. The van der Waals surface area contributed by atoms with E-state index in [2.05, 4.69) is 10.3 Å². The molecule has 0 fully saturated rings. The zero-order chi connectivity index (χ0) is 13.5. The molecule has 4 nitrogen and oxygen atoms in total. The lowest BCUT2D eigenvalue weighted by atomic mass is 10.3. The molecule has 19 heavy (non-hydrogen) atoms. The number of anilines is 1. The standard InChI is InChI=1S/C14H13FN2O2/c15-11-4-6-13(7-5-11)17-14(18)19-10-8-12-3-1-2-9-16-12/h1-7,9H,8,10H2,(H,17,18). The van der Waals surface area contributed by atoms with Crippen LogP contribution < -0.4 is 5.32 Å². The number of hydrogen-bond donors (Lipinski definition) is 1. The Bertz CT molecular complexity index is 529. The summed E-state index contributed by atoms with van der Waals surface area (Å²) in [5.74, 6) is -0.353. The summed E-state index contributed by atoms with van der Waals surface area (Å²) in [5, 5.41) is 2.51. The molecule has 1 aromatic heterocycles. The summed E-state index contributed by atoms with van der Waals surface area (Å²) in [6, 6.07) is 11.0. The van der Waals surface area contributed by atoms with E-state index >= 15 is 0 Å². The predicted octanol–water partition coefficient (Wildman–Crippen LogP) is 3.01. The van der Waals surface area contributed by atoms with Crippen molar-refractivity contribution in [3.8, 4) is 0 Å². The zero-order valence-electron chi connectivity index (χ0n) is 10.2. The minimum atomic E-state index is -0.567. The lowest BCUT2D eigenvalue weighted by molar-refractivity contribution is 0.162. The van der Waals surface area contributed by atoms with E-state index in [0.717, 1.165) is 5.69 Å². The number of carbonyl (C=O) groups is 1. The fourth-order valence-electron chi connectivity index (χ4n) is 1.48. The summed E-state index contributed by atoms with van der Waals surface area (Å²) in [5.41, 5.74) is 1.35. The summed E-state index contributed by atoms with van der Waals surface area (Å²) in [7, 11) is 0. The molecule has 0 saturated heterocycles. The van der Waals surface area contributed by atoms with Crippen molar-refractivity contribution in [3.05, 3.63) is 60.2 Å². The average Bonchev–Trinajstić information content (AvgIpc) is 2.43. The Morgan fingerprint density at radius 3 is 2.68 bits per heavy atom. The van der Waals surface area contributed by atoms with E-state index in [1.165, 1.54) is 24.3 Å². The Hall–Kier alpha value is -2.43. The van der Waals surface area contributed by atoms with Crippen LogP contribution in [-0.2, 0) is 11.2 Å². The molecule has 5 heteroatoms. The summed E-state index contributed by atoms with van der Waals surface area (Å²) in [6.07, 6.45) is 1.67. The van der Waals surface area contributed by atoms with Crippen LogP contribution in [0.4, 0.5) is 14.9 Å². The van der Waals surface area contributed by atoms with Gasteiger partial charge in [0.05, 0.1) is 6.61 Å². The molecule has 0 saturated carbocycles. The molecular weight excluding hydrogens is 247 g/mol. The van der Waals surface area contributed by atoms with Gasteiger partial charge in [-0.3, -0.25) is 10.3 Å². The number of aromatic nitrogens is 1. The fourth-order valence-corrected chi connectivity index (χ4v) is 1.48. The van der Waals surface area contributed by atoms with Crippen LogP contribution in [0.5, 0.6) is 0 Å². The summed E-state index contributed by atoms with van der Waals surface area (Å²) >= 11 is 0. The van der Waals surface area contributed by atoms with Gasteiger partial charge in [0.1, 0.15) is 5.82 Å². The van der Waals surface area contributed by atoms with Crippen LogP contribution in [-0.4, -0.2) is 17.7 Å². The van der Waals surface area contributed by atoms with Gasteiger partial charge in [-0.25, -0.2) is 9.18 Å². The van der Waals surface area contributed by atoms with Gasteiger partial charge in [-0.1, -0.05) is 6.07 Å². The number of rotatable bonds is 4. The van der Waals surface area contributed by atoms with Crippen LogP contribution in [0.1, 0.15) is 5.69 Å². The molecule has 0 aliphatic rings. The van der Waals surface area contributed by atoms with Crippen molar-refractivity contribution in [3.63, 3.8) is 0 Å². The largest absolute Gasteiger partial charge is 0.449 e. The molecule has 0 spiro atoms. The monoisotopic (exact) mass is 260 g/mol. The molecule has 98 valence electrons. The van der Waals surface area contributed by atoms with Crippen LogP contribution in [0.15, 0.2) is 48.7 Å². The number of amides is 1. The van der Waals surface area contributed by atoms with E-state index in [1.807, 2.05) is 18.2 Å². The first-order valence-electron chi connectivity index (χ1n) is 5.83. The maximum Gasteiger partial charge on any atom is 0.411 e. The van der Waals surface area contributed by atoms with Gasteiger partial charge in [0.15, 0.2) is 0 Å². The Balaban J connectivity index is 1.74. The van der Waals surface area contributed by atoms with Gasteiger partial charge in [-0.2, -0.15) is 0 Å².